The lowest BCUT2D eigenvalue weighted by molar-refractivity contribution is -0.117. The zero-order chi connectivity index (χ0) is 21.4. The van der Waals surface area contributed by atoms with Gasteiger partial charge in [-0.3, -0.25) is 9.69 Å². The fraction of sp³-hybridized carbons (Fsp3) is 0.550. The molecule has 0 bridgehead atoms. The van der Waals surface area contributed by atoms with Gasteiger partial charge in [0.25, 0.3) is 0 Å². The van der Waals surface area contributed by atoms with Crippen LogP contribution in [0.5, 0.6) is 5.75 Å². The predicted octanol–water partition coefficient (Wildman–Crippen LogP) is 2.64. The minimum atomic E-state index is -0.776. The summed E-state index contributed by atoms with van der Waals surface area (Å²) in [4.78, 5) is 39.2. The van der Waals surface area contributed by atoms with Crippen LogP contribution >= 0.6 is 0 Å². The number of likely N-dealkylation sites (N-methyl/N-ethyl adjacent to an activating group) is 1. The standard InChI is InChI=1S/C20H30N2O6/c1-7-22(8-2)11-14(23)21-17-12(5)15(19(25)27-9-3)18(24)16(13(17)6)20(26)28-10-4/h24H,7-11H2,1-6H3,(H,21,23). The minimum absolute atomic E-state index is 0.101. The van der Waals surface area contributed by atoms with E-state index in [0.717, 1.165) is 0 Å². The molecule has 1 rings (SSSR count). The first-order chi connectivity index (χ1) is 13.2. The van der Waals surface area contributed by atoms with Crippen molar-refractivity contribution in [3.8, 4) is 5.75 Å². The Morgan fingerprint density at radius 3 is 1.68 bits per heavy atom. The van der Waals surface area contributed by atoms with Gasteiger partial charge in [0.15, 0.2) is 0 Å². The predicted molar refractivity (Wildman–Crippen MR) is 106 cm³/mol. The molecule has 156 valence electrons. The van der Waals surface area contributed by atoms with Gasteiger partial charge in [0.2, 0.25) is 5.91 Å². The fourth-order valence-electron chi connectivity index (χ4n) is 2.93. The van der Waals surface area contributed by atoms with E-state index in [-0.39, 0.29) is 36.8 Å². The zero-order valence-electron chi connectivity index (χ0n) is 17.5. The van der Waals surface area contributed by atoms with Gasteiger partial charge in [-0.15, -0.1) is 0 Å². The Balaban J connectivity index is 3.51. The van der Waals surface area contributed by atoms with Gasteiger partial charge in [-0.05, 0) is 51.9 Å². The molecule has 0 aliphatic carbocycles. The molecule has 0 unspecified atom stereocenters. The van der Waals surface area contributed by atoms with E-state index >= 15 is 0 Å². The summed E-state index contributed by atoms with van der Waals surface area (Å²) in [5, 5.41) is 13.4. The molecule has 0 aliphatic heterocycles. The van der Waals surface area contributed by atoms with Gasteiger partial charge in [0.1, 0.15) is 16.9 Å². The summed E-state index contributed by atoms with van der Waals surface area (Å²) < 4.78 is 10.0. The number of nitrogens with one attached hydrogen (secondary N) is 1. The van der Waals surface area contributed by atoms with Crippen molar-refractivity contribution < 1.29 is 29.0 Å². The Morgan fingerprint density at radius 1 is 0.893 bits per heavy atom. The van der Waals surface area contributed by atoms with E-state index in [1.54, 1.807) is 27.7 Å². The highest BCUT2D eigenvalue weighted by atomic mass is 16.5. The van der Waals surface area contributed by atoms with E-state index in [9.17, 15) is 19.5 Å². The van der Waals surface area contributed by atoms with Gasteiger partial charge < -0.3 is 19.9 Å². The highest BCUT2D eigenvalue weighted by molar-refractivity contribution is 6.06. The fourth-order valence-corrected chi connectivity index (χ4v) is 2.93. The van der Waals surface area contributed by atoms with Gasteiger partial charge in [-0.25, -0.2) is 9.59 Å². The summed E-state index contributed by atoms with van der Waals surface area (Å²) in [5.41, 5.74) is 0.632. The molecule has 28 heavy (non-hydrogen) atoms. The van der Waals surface area contributed by atoms with Crippen LogP contribution in [0.1, 0.15) is 59.5 Å². The topological polar surface area (TPSA) is 105 Å². The number of hydrogen-bond acceptors (Lipinski definition) is 7. The average molecular weight is 394 g/mol. The molecule has 0 aromatic heterocycles. The van der Waals surface area contributed by atoms with Gasteiger partial charge in [0, 0.05) is 5.69 Å². The molecule has 2 N–H and O–H groups in total. The molecule has 0 aliphatic rings. The Bertz CT molecular complexity index is 696. The molecule has 0 spiro atoms. The lowest BCUT2D eigenvalue weighted by Crippen LogP contribution is -2.33. The quantitative estimate of drug-likeness (QED) is 0.490. The molecule has 0 atom stereocenters. The molecule has 0 radical (unpaired) electrons. The second kappa shape index (κ2) is 10.7. The summed E-state index contributed by atoms with van der Waals surface area (Å²) in [7, 11) is 0. The summed E-state index contributed by atoms with van der Waals surface area (Å²) in [6.07, 6.45) is 0. The first kappa shape index (κ1) is 23.4. The third-order valence-electron chi connectivity index (χ3n) is 4.46. The molecule has 1 amide bonds. The van der Waals surface area contributed by atoms with Crippen molar-refractivity contribution in [2.75, 3.05) is 38.2 Å². The van der Waals surface area contributed by atoms with E-state index in [2.05, 4.69) is 5.32 Å². The van der Waals surface area contributed by atoms with Crippen LogP contribution in [0, 0.1) is 13.8 Å². The van der Waals surface area contributed by atoms with Crippen molar-refractivity contribution in [3.05, 3.63) is 22.3 Å². The number of hydrogen-bond donors (Lipinski definition) is 2. The Hall–Kier alpha value is -2.61. The number of benzene rings is 1. The number of ether oxygens (including phenoxy) is 2. The number of esters is 2. The highest BCUT2D eigenvalue weighted by Gasteiger charge is 2.29. The normalized spacial score (nSPS) is 10.7. The lowest BCUT2D eigenvalue weighted by atomic mass is 9.95. The number of carbonyl (C=O) groups is 3. The number of phenolic OH excluding ortho intramolecular Hbond substituents is 1. The molecular weight excluding hydrogens is 364 g/mol. The molecular formula is C20H30N2O6. The van der Waals surface area contributed by atoms with Crippen LogP contribution in [-0.2, 0) is 14.3 Å². The van der Waals surface area contributed by atoms with Crippen LogP contribution in [-0.4, -0.2) is 60.7 Å². The second-order valence-corrected chi connectivity index (χ2v) is 6.17. The maximum atomic E-state index is 12.5. The number of anilines is 1. The summed E-state index contributed by atoms with van der Waals surface area (Å²) in [6, 6.07) is 0. The number of nitrogens with zero attached hydrogens (tertiary/aromatic N) is 1. The molecule has 1 aromatic carbocycles. The van der Waals surface area contributed by atoms with Gasteiger partial charge in [-0.2, -0.15) is 0 Å². The first-order valence-corrected chi connectivity index (χ1v) is 9.45. The number of aromatic hydroxyl groups is 1. The van der Waals surface area contributed by atoms with Crippen molar-refractivity contribution in [2.45, 2.75) is 41.5 Å². The molecule has 0 heterocycles. The minimum Gasteiger partial charge on any atom is -0.506 e. The first-order valence-electron chi connectivity index (χ1n) is 9.45. The number of phenols is 1. The van der Waals surface area contributed by atoms with Crippen LogP contribution in [0.4, 0.5) is 5.69 Å². The van der Waals surface area contributed by atoms with Crippen LogP contribution < -0.4 is 5.32 Å². The smallest absolute Gasteiger partial charge is 0.342 e. The second-order valence-electron chi connectivity index (χ2n) is 6.17. The Labute approximate surface area is 165 Å². The van der Waals surface area contributed by atoms with E-state index < -0.39 is 17.7 Å². The van der Waals surface area contributed by atoms with Crippen LogP contribution in [0.2, 0.25) is 0 Å². The largest absolute Gasteiger partial charge is 0.506 e. The van der Waals surface area contributed by atoms with Crippen molar-refractivity contribution in [2.24, 2.45) is 0 Å². The Morgan fingerprint density at radius 2 is 1.32 bits per heavy atom. The molecule has 8 nitrogen and oxygen atoms in total. The number of amides is 1. The van der Waals surface area contributed by atoms with Crippen molar-refractivity contribution in [1.82, 2.24) is 4.90 Å². The molecule has 0 fully saturated rings. The monoisotopic (exact) mass is 394 g/mol. The summed E-state index contributed by atoms with van der Waals surface area (Å²) >= 11 is 0. The van der Waals surface area contributed by atoms with Crippen molar-refractivity contribution in [1.29, 1.82) is 0 Å². The van der Waals surface area contributed by atoms with Gasteiger partial charge in [-0.1, -0.05) is 13.8 Å². The van der Waals surface area contributed by atoms with Crippen LogP contribution in [0.15, 0.2) is 0 Å². The molecule has 8 heteroatoms. The average Bonchev–Trinajstić information content (AvgIpc) is 2.63. The van der Waals surface area contributed by atoms with Crippen molar-refractivity contribution >= 4 is 23.5 Å². The van der Waals surface area contributed by atoms with E-state index in [1.807, 2.05) is 18.7 Å². The number of carbonyl (C=O) groups excluding carboxylic acids is 3. The summed E-state index contributed by atoms with van der Waals surface area (Å²) in [6.45, 7) is 12.1. The maximum Gasteiger partial charge on any atom is 0.342 e. The van der Waals surface area contributed by atoms with Gasteiger partial charge in [0.05, 0.1) is 19.8 Å². The lowest BCUT2D eigenvalue weighted by Gasteiger charge is -2.22. The highest BCUT2D eigenvalue weighted by Crippen LogP contribution is 2.37. The van der Waals surface area contributed by atoms with Crippen LogP contribution in [0.3, 0.4) is 0 Å². The Kier molecular flexibility index (Phi) is 8.91. The van der Waals surface area contributed by atoms with Crippen LogP contribution in [0.25, 0.3) is 0 Å². The number of rotatable bonds is 9. The van der Waals surface area contributed by atoms with E-state index in [1.165, 1.54) is 0 Å². The van der Waals surface area contributed by atoms with E-state index in [4.69, 9.17) is 9.47 Å². The summed E-state index contributed by atoms with van der Waals surface area (Å²) in [5.74, 6) is -2.34. The van der Waals surface area contributed by atoms with Crippen molar-refractivity contribution in [3.63, 3.8) is 0 Å². The third kappa shape index (κ3) is 5.22. The molecule has 1 aromatic rings. The maximum absolute atomic E-state index is 12.5. The third-order valence-corrected chi connectivity index (χ3v) is 4.46. The molecule has 0 saturated heterocycles. The molecule has 0 saturated carbocycles. The SMILES string of the molecule is CCOC(=O)c1c(C)c(NC(=O)CN(CC)CC)c(C)c(C(=O)OCC)c1O. The zero-order valence-corrected chi connectivity index (χ0v) is 17.5. The van der Waals surface area contributed by atoms with E-state index in [0.29, 0.717) is 29.9 Å². The van der Waals surface area contributed by atoms with Gasteiger partial charge >= 0.3 is 11.9 Å².